The van der Waals surface area contributed by atoms with Crippen LogP contribution in [0.15, 0.2) is 95.8 Å². The van der Waals surface area contributed by atoms with Gasteiger partial charge in [-0.2, -0.15) is 18.4 Å². The lowest BCUT2D eigenvalue weighted by atomic mass is 10.0. The number of aromatic amines is 1. The summed E-state index contributed by atoms with van der Waals surface area (Å²) in [7, 11) is 0. The van der Waals surface area contributed by atoms with Crippen LogP contribution in [0.2, 0.25) is 5.02 Å². The van der Waals surface area contributed by atoms with E-state index in [1.54, 1.807) is 12.1 Å². The molecule has 0 spiro atoms. The normalized spacial score (nSPS) is 13.9. The Morgan fingerprint density at radius 3 is 2.18 bits per heavy atom. The zero-order valence-corrected chi connectivity index (χ0v) is 26.5. The second-order valence-electron chi connectivity index (χ2n) is 11.6. The van der Waals surface area contributed by atoms with E-state index in [2.05, 4.69) is 40.2 Å². The molecule has 13 heteroatoms. The topological polar surface area (TPSA) is 128 Å². The number of carbonyl (C=O) groups is 1. The van der Waals surface area contributed by atoms with Gasteiger partial charge in [0.2, 0.25) is 0 Å². The molecule has 248 valence electrons. The van der Waals surface area contributed by atoms with Gasteiger partial charge in [-0.05, 0) is 54.8 Å². The number of halogens is 4. The van der Waals surface area contributed by atoms with E-state index < -0.39 is 12.1 Å². The van der Waals surface area contributed by atoms with Crippen molar-refractivity contribution in [3.05, 3.63) is 118 Å². The summed E-state index contributed by atoms with van der Waals surface area (Å²) in [4.78, 5) is 36.9. The number of alkyl halides is 3. The average molecular weight is 685 g/mol. The number of nitrogens with zero attached hydrogens (tertiary/aromatic N) is 5. The Labute approximate surface area is 282 Å². The Morgan fingerprint density at radius 2 is 1.55 bits per heavy atom. The van der Waals surface area contributed by atoms with Crippen molar-refractivity contribution >= 4 is 39.6 Å². The minimum atomic E-state index is -5.08. The van der Waals surface area contributed by atoms with Gasteiger partial charge in [0.05, 0.1) is 45.1 Å². The van der Waals surface area contributed by atoms with Gasteiger partial charge in [0.25, 0.3) is 0 Å². The Kier molecular flexibility index (Phi) is 9.49. The van der Waals surface area contributed by atoms with Crippen LogP contribution in [0.1, 0.15) is 30.0 Å². The molecule has 1 aliphatic rings. The van der Waals surface area contributed by atoms with Gasteiger partial charge in [0, 0.05) is 41.8 Å². The molecular weight excluding hydrogens is 657 g/mol. The summed E-state index contributed by atoms with van der Waals surface area (Å²) in [6.07, 6.45) is -3.26. The molecule has 2 N–H and O–H groups in total. The smallest absolute Gasteiger partial charge is 0.475 e. The highest BCUT2D eigenvalue weighted by atomic mass is 35.5. The van der Waals surface area contributed by atoms with Crippen LogP contribution in [0, 0.1) is 11.3 Å². The number of imidazole rings is 1. The van der Waals surface area contributed by atoms with Gasteiger partial charge in [-0.15, -0.1) is 0 Å². The summed E-state index contributed by atoms with van der Waals surface area (Å²) in [5.41, 5.74) is 8.47. The standard InChI is InChI=1S/C34H27ClN6O.C2HF3O2/c35-26-11-13-31-30(19-26)39-34(42)41(31)27-14-16-40(17-15-27)21-22-6-9-25(10-7-22)33-32(24-4-2-1-3-5-24)38-29-18-23(20-36)8-12-28(29)37-33;3-2(4,5)1(6)7/h1-13,18-19,27H,14-17,21H2,(H,39,42);(H,6,7). The minimum absolute atomic E-state index is 0.0709. The zero-order valence-electron chi connectivity index (χ0n) is 25.8. The quantitative estimate of drug-likeness (QED) is 0.191. The van der Waals surface area contributed by atoms with Crippen molar-refractivity contribution in [2.24, 2.45) is 0 Å². The van der Waals surface area contributed by atoms with Gasteiger partial charge in [-0.3, -0.25) is 9.47 Å². The summed E-state index contributed by atoms with van der Waals surface area (Å²) in [5.74, 6) is -2.76. The largest absolute Gasteiger partial charge is 0.490 e. The molecule has 2 aromatic heterocycles. The van der Waals surface area contributed by atoms with Crippen molar-refractivity contribution in [3.63, 3.8) is 0 Å². The maximum Gasteiger partial charge on any atom is 0.490 e. The van der Waals surface area contributed by atoms with E-state index in [1.807, 2.05) is 59.2 Å². The van der Waals surface area contributed by atoms with E-state index in [0.29, 0.717) is 16.1 Å². The van der Waals surface area contributed by atoms with E-state index in [-0.39, 0.29) is 11.7 Å². The number of nitrogens with one attached hydrogen (secondary N) is 1. The summed E-state index contributed by atoms with van der Waals surface area (Å²) >= 11 is 6.12. The molecule has 1 saturated heterocycles. The number of hydrogen-bond donors (Lipinski definition) is 2. The van der Waals surface area contributed by atoms with Crippen molar-refractivity contribution in [1.29, 1.82) is 5.26 Å². The number of nitriles is 1. The van der Waals surface area contributed by atoms with E-state index >= 15 is 0 Å². The van der Waals surface area contributed by atoms with Crippen LogP contribution in [-0.2, 0) is 11.3 Å². The predicted octanol–water partition coefficient (Wildman–Crippen LogP) is 7.60. The number of aromatic nitrogens is 4. The molecule has 0 radical (unpaired) electrons. The molecular formula is C36H28ClF3N6O3. The highest BCUT2D eigenvalue weighted by Gasteiger charge is 2.38. The van der Waals surface area contributed by atoms with Crippen LogP contribution in [-0.4, -0.2) is 54.8 Å². The molecule has 1 fully saturated rings. The molecule has 3 heterocycles. The van der Waals surface area contributed by atoms with E-state index in [1.165, 1.54) is 5.56 Å². The fourth-order valence-electron chi connectivity index (χ4n) is 5.95. The number of fused-ring (bicyclic) bond motifs is 2. The summed E-state index contributed by atoms with van der Waals surface area (Å²) < 4.78 is 33.6. The second-order valence-corrected chi connectivity index (χ2v) is 12.0. The summed E-state index contributed by atoms with van der Waals surface area (Å²) in [6.45, 7) is 2.67. The molecule has 0 aliphatic carbocycles. The third kappa shape index (κ3) is 7.48. The first kappa shape index (κ1) is 33.4. The number of benzene rings is 4. The van der Waals surface area contributed by atoms with Crippen LogP contribution in [0.3, 0.4) is 0 Å². The van der Waals surface area contributed by atoms with Crippen LogP contribution in [0.4, 0.5) is 13.2 Å². The maximum absolute atomic E-state index is 12.7. The molecule has 0 atom stereocenters. The molecule has 1 aliphatic heterocycles. The molecule has 4 aromatic carbocycles. The van der Waals surface area contributed by atoms with Gasteiger partial charge < -0.3 is 10.1 Å². The number of aliphatic carboxylic acids is 1. The fourth-order valence-corrected chi connectivity index (χ4v) is 6.12. The third-order valence-electron chi connectivity index (χ3n) is 8.32. The van der Waals surface area contributed by atoms with E-state index in [9.17, 15) is 23.2 Å². The van der Waals surface area contributed by atoms with Crippen LogP contribution >= 0.6 is 11.6 Å². The first-order valence-electron chi connectivity index (χ1n) is 15.3. The first-order chi connectivity index (χ1) is 23.5. The molecule has 0 amide bonds. The monoisotopic (exact) mass is 684 g/mol. The lowest BCUT2D eigenvalue weighted by molar-refractivity contribution is -0.192. The number of carboxylic acids is 1. The Bertz CT molecular complexity index is 2240. The van der Waals surface area contributed by atoms with Gasteiger partial charge in [0.1, 0.15) is 0 Å². The molecule has 49 heavy (non-hydrogen) atoms. The summed E-state index contributed by atoms with van der Waals surface area (Å²) in [5, 5.41) is 17.1. The van der Waals surface area contributed by atoms with Crippen LogP contribution < -0.4 is 5.69 Å². The third-order valence-corrected chi connectivity index (χ3v) is 8.55. The molecule has 6 aromatic rings. The number of likely N-dealkylation sites (tertiary alicyclic amines) is 1. The maximum atomic E-state index is 12.7. The number of piperidine rings is 1. The highest BCUT2D eigenvalue weighted by molar-refractivity contribution is 6.31. The molecule has 0 bridgehead atoms. The Balaban J connectivity index is 0.000000540. The molecule has 0 saturated carbocycles. The molecule has 0 unspecified atom stereocenters. The van der Waals surface area contributed by atoms with Gasteiger partial charge in [-0.1, -0.05) is 66.2 Å². The predicted molar refractivity (Wildman–Crippen MR) is 180 cm³/mol. The van der Waals surface area contributed by atoms with Crippen LogP contribution in [0.5, 0.6) is 0 Å². The lowest BCUT2D eigenvalue weighted by Gasteiger charge is -2.32. The minimum Gasteiger partial charge on any atom is -0.475 e. The number of hydrogen-bond acceptors (Lipinski definition) is 6. The molecule has 9 nitrogen and oxygen atoms in total. The van der Waals surface area contributed by atoms with Gasteiger partial charge in [0.15, 0.2) is 0 Å². The summed E-state index contributed by atoms with van der Waals surface area (Å²) in [6, 6.07) is 31.9. The lowest BCUT2D eigenvalue weighted by Crippen LogP contribution is -2.36. The Morgan fingerprint density at radius 1 is 0.918 bits per heavy atom. The van der Waals surface area contributed by atoms with Crippen LogP contribution in [0.25, 0.3) is 44.6 Å². The first-order valence-corrected chi connectivity index (χ1v) is 15.7. The molecule has 7 rings (SSSR count). The van der Waals surface area contributed by atoms with Gasteiger partial charge in [-0.25, -0.2) is 19.6 Å². The zero-order chi connectivity index (χ0) is 34.7. The second kappa shape index (κ2) is 13.9. The van der Waals surface area contributed by atoms with Crippen molar-refractivity contribution in [1.82, 2.24) is 24.4 Å². The van der Waals surface area contributed by atoms with Crippen molar-refractivity contribution in [2.75, 3.05) is 13.1 Å². The SMILES string of the molecule is N#Cc1ccc2nc(-c3ccc(CN4CCC(n5c(=O)[nH]c6cc(Cl)ccc65)CC4)cc3)c(-c3ccccc3)nc2c1.O=C(O)C(F)(F)F. The van der Waals surface area contributed by atoms with Crippen molar-refractivity contribution in [2.45, 2.75) is 31.6 Å². The number of rotatable bonds is 5. The number of carboxylic acid groups (broad SMARTS) is 1. The highest BCUT2D eigenvalue weighted by Crippen LogP contribution is 2.32. The average Bonchev–Trinajstić information content (AvgIpc) is 3.42. The fraction of sp³-hybridized carbons (Fsp3) is 0.194. The van der Waals surface area contributed by atoms with Crippen molar-refractivity contribution < 1.29 is 23.1 Å². The van der Waals surface area contributed by atoms with E-state index in [0.717, 1.165) is 71.5 Å². The van der Waals surface area contributed by atoms with Gasteiger partial charge >= 0.3 is 17.8 Å². The number of H-pyrrole nitrogens is 1. The van der Waals surface area contributed by atoms with E-state index in [4.69, 9.17) is 31.5 Å². The Hall–Kier alpha value is -5.51. The van der Waals surface area contributed by atoms with Crippen molar-refractivity contribution in [3.8, 4) is 28.6 Å².